The van der Waals surface area contributed by atoms with Crippen molar-refractivity contribution in [3.05, 3.63) is 23.4 Å². The first-order chi connectivity index (χ1) is 14.3. The van der Waals surface area contributed by atoms with Crippen molar-refractivity contribution in [1.82, 2.24) is 15.2 Å². The van der Waals surface area contributed by atoms with E-state index in [-0.39, 0.29) is 17.9 Å². The summed E-state index contributed by atoms with van der Waals surface area (Å²) in [5.74, 6) is 1.48. The van der Waals surface area contributed by atoms with Crippen LogP contribution in [-0.2, 0) is 0 Å². The van der Waals surface area contributed by atoms with Gasteiger partial charge in [0.15, 0.2) is 0 Å². The first kappa shape index (κ1) is 23.6. The quantitative estimate of drug-likeness (QED) is 0.384. The molecule has 0 aromatic carbocycles. The van der Waals surface area contributed by atoms with Gasteiger partial charge in [-0.1, -0.05) is 13.8 Å². The molecule has 1 aromatic heterocycles. The minimum atomic E-state index is -0.222. The molecule has 0 unspecified atom stereocenters. The molecule has 0 bridgehead atoms. The van der Waals surface area contributed by atoms with Gasteiger partial charge in [-0.2, -0.15) is 4.99 Å². The molecule has 1 fully saturated rings. The highest BCUT2D eigenvalue weighted by Gasteiger charge is 2.22. The van der Waals surface area contributed by atoms with Crippen molar-refractivity contribution >= 4 is 17.8 Å². The fourth-order valence-corrected chi connectivity index (χ4v) is 3.39. The molecule has 1 aliphatic heterocycles. The average Bonchev–Trinajstić information content (AvgIpc) is 2.71. The summed E-state index contributed by atoms with van der Waals surface area (Å²) in [4.78, 5) is 34.3. The van der Waals surface area contributed by atoms with Crippen LogP contribution in [0.4, 0.5) is 4.79 Å². The van der Waals surface area contributed by atoms with Gasteiger partial charge in [0.05, 0.1) is 17.9 Å². The van der Waals surface area contributed by atoms with Gasteiger partial charge in [-0.05, 0) is 51.5 Å². The predicted octanol–water partition coefficient (Wildman–Crippen LogP) is 3.14. The highest BCUT2D eigenvalue weighted by Crippen LogP contribution is 2.23. The Balaban J connectivity index is 1.70. The molecule has 0 aliphatic carbocycles. The summed E-state index contributed by atoms with van der Waals surface area (Å²) in [5.41, 5.74) is 7.03. The first-order valence-corrected chi connectivity index (χ1v) is 10.8. The molecular formula is C22H35N5O3. The van der Waals surface area contributed by atoms with Gasteiger partial charge in [0.2, 0.25) is 5.88 Å². The molecule has 1 aromatic rings. The third-order valence-corrected chi connectivity index (χ3v) is 5.35. The van der Waals surface area contributed by atoms with E-state index in [4.69, 9.17) is 10.5 Å². The van der Waals surface area contributed by atoms with Crippen LogP contribution in [0.2, 0.25) is 0 Å². The number of piperidine rings is 1. The first-order valence-electron chi connectivity index (χ1n) is 10.8. The maximum absolute atomic E-state index is 12.2. The Morgan fingerprint density at radius 1 is 1.33 bits per heavy atom. The van der Waals surface area contributed by atoms with E-state index in [0.717, 1.165) is 38.8 Å². The number of rotatable bonds is 8. The minimum absolute atomic E-state index is 0.0782. The number of aromatic nitrogens is 1. The van der Waals surface area contributed by atoms with Crippen LogP contribution in [0.25, 0.3) is 0 Å². The van der Waals surface area contributed by atoms with E-state index in [0.29, 0.717) is 42.0 Å². The van der Waals surface area contributed by atoms with Crippen LogP contribution in [0, 0.1) is 18.8 Å². The molecule has 1 saturated heterocycles. The zero-order chi connectivity index (χ0) is 22.1. The van der Waals surface area contributed by atoms with E-state index < -0.39 is 0 Å². The Bertz CT molecular complexity index is 755. The Labute approximate surface area is 179 Å². The van der Waals surface area contributed by atoms with Crippen LogP contribution in [0.1, 0.15) is 62.5 Å². The van der Waals surface area contributed by atoms with Gasteiger partial charge in [0.1, 0.15) is 5.84 Å². The van der Waals surface area contributed by atoms with E-state index in [1.807, 2.05) is 27.7 Å². The van der Waals surface area contributed by atoms with E-state index >= 15 is 0 Å². The maximum atomic E-state index is 12.2. The second kappa shape index (κ2) is 11.5. The zero-order valence-electron chi connectivity index (χ0n) is 18.6. The fraction of sp³-hybridized carbons (Fsp3) is 0.636. The number of nitrogens with one attached hydrogen (secondary N) is 1. The van der Waals surface area contributed by atoms with Crippen LogP contribution in [-0.4, -0.2) is 53.9 Å². The normalized spacial score (nSPS) is 15.4. The molecule has 0 saturated carbocycles. The highest BCUT2D eigenvalue weighted by atomic mass is 16.5. The number of carbonyl (C=O) groups excluding carboxylic acids is 2. The number of nitrogens with two attached hydrogens (primary N) is 1. The van der Waals surface area contributed by atoms with Crippen molar-refractivity contribution in [2.45, 2.75) is 53.4 Å². The Hall–Kier alpha value is -2.64. The number of likely N-dealkylation sites (tertiary alicyclic amines) is 1. The molecule has 8 nitrogen and oxygen atoms in total. The van der Waals surface area contributed by atoms with E-state index in [1.165, 1.54) is 0 Å². The largest absolute Gasteiger partial charge is 0.478 e. The lowest BCUT2D eigenvalue weighted by Crippen LogP contribution is -2.38. The lowest BCUT2D eigenvalue weighted by Gasteiger charge is -2.30. The van der Waals surface area contributed by atoms with Gasteiger partial charge in [0.25, 0.3) is 5.91 Å². The summed E-state index contributed by atoms with van der Waals surface area (Å²) in [5, 5.41) is 2.78. The molecule has 3 amide bonds. The van der Waals surface area contributed by atoms with Crippen molar-refractivity contribution in [3.63, 3.8) is 0 Å². The Morgan fingerprint density at radius 2 is 2.03 bits per heavy atom. The van der Waals surface area contributed by atoms with Crippen LogP contribution < -0.4 is 15.8 Å². The van der Waals surface area contributed by atoms with Gasteiger partial charge < -0.3 is 20.7 Å². The van der Waals surface area contributed by atoms with Crippen molar-refractivity contribution in [1.29, 1.82) is 0 Å². The zero-order valence-corrected chi connectivity index (χ0v) is 18.6. The second-order valence-corrected chi connectivity index (χ2v) is 8.04. The third-order valence-electron chi connectivity index (χ3n) is 5.35. The van der Waals surface area contributed by atoms with Gasteiger partial charge in [-0.15, -0.1) is 0 Å². The summed E-state index contributed by atoms with van der Waals surface area (Å²) >= 11 is 0. The number of hydrogen-bond acceptors (Lipinski definition) is 4. The molecule has 3 N–H and O–H groups in total. The monoisotopic (exact) mass is 417 g/mol. The number of amides is 3. The standard InChI is InChI=1S/C22H35N5O3/c1-5-24-21(28)18-8-9-19(25-16(18)4)30-14-6-7-17-10-12-27(13-11-17)22(29)26-20(23)15(2)3/h8-9,15,17H,5-7,10-14H2,1-4H3,(H,24,28)(H2,23,26,29). The van der Waals surface area contributed by atoms with E-state index in [1.54, 1.807) is 17.0 Å². The predicted molar refractivity (Wildman–Crippen MR) is 118 cm³/mol. The summed E-state index contributed by atoms with van der Waals surface area (Å²) in [6.07, 6.45) is 3.92. The Kier molecular flexibility index (Phi) is 9.08. The number of urea groups is 1. The molecule has 30 heavy (non-hydrogen) atoms. The van der Waals surface area contributed by atoms with Gasteiger partial charge >= 0.3 is 6.03 Å². The average molecular weight is 418 g/mol. The fourth-order valence-electron chi connectivity index (χ4n) is 3.39. The molecule has 2 heterocycles. The van der Waals surface area contributed by atoms with Crippen LogP contribution in [0.5, 0.6) is 5.88 Å². The summed E-state index contributed by atoms with van der Waals surface area (Å²) in [6.45, 7) is 10.2. The molecule has 8 heteroatoms. The van der Waals surface area contributed by atoms with E-state index in [9.17, 15) is 9.59 Å². The number of hydrogen-bond donors (Lipinski definition) is 2. The molecule has 0 atom stereocenters. The van der Waals surface area contributed by atoms with Crippen molar-refractivity contribution in [2.24, 2.45) is 22.6 Å². The maximum Gasteiger partial charge on any atom is 0.345 e. The van der Waals surface area contributed by atoms with Gasteiger partial charge in [-0.3, -0.25) is 4.79 Å². The van der Waals surface area contributed by atoms with Crippen LogP contribution in [0.3, 0.4) is 0 Å². The summed E-state index contributed by atoms with van der Waals surface area (Å²) in [6, 6.07) is 3.27. The highest BCUT2D eigenvalue weighted by molar-refractivity contribution is 5.95. The molecule has 0 radical (unpaired) electrons. The number of aryl methyl sites for hydroxylation is 1. The number of amidine groups is 1. The number of carbonyl (C=O) groups is 2. The van der Waals surface area contributed by atoms with Crippen LogP contribution in [0.15, 0.2) is 17.1 Å². The van der Waals surface area contributed by atoms with Crippen molar-refractivity contribution in [2.75, 3.05) is 26.2 Å². The molecular weight excluding hydrogens is 382 g/mol. The number of aliphatic imine (C=N–C) groups is 1. The van der Waals surface area contributed by atoms with Crippen LogP contribution >= 0.6 is 0 Å². The minimum Gasteiger partial charge on any atom is -0.478 e. The summed E-state index contributed by atoms with van der Waals surface area (Å²) < 4.78 is 5.76. The molecule has 166 valence electrons. The summed E-state index contributed by atoms with van der Waals surface area (Å²) in [7, 11) is 0. The van der Waals surface area contributed by atoms with Gasteiger partial charge in [0, 0.05) is 31.6 Å². The smallest absolute Gasteiger partial charge is 0.345 e. The Morgan fingerprint density at radius 3 is 2.63 bits per heavy atom. The number of ether oxygens (including phenoxy) is 1. The molecule has 2 rings (SSSR count). The number of nitrogens with zero attached hydrogens (tertiary/aromatic N) is 3. The number of pyridine rings is 1. The molecule has 1 aliphatic rings. The SMILES string of the molecule is CCNC(=O)c1ccc(OCCCC2CCN(C(=O)/N=C(\N)C(C)C)CC2)nc1C. The lowest BCUT2D eigenvalue weighted by atomic mass is 9.92. The third kappa shape index (κ3) is 7.00. The lowest BCUT2D eigenvalue weighted by molar-refractivity contribution is 0.0954. The van der Waals surface area contributed by atoms with Gasteiger partial charge in [-0.25, -0.2) is 9.78 Å². The second-order valence-electron chi connectivity index (χ2n) is 8.04. The topological polar surface area (TPSA) is 110 Å². The van der Waals surface area contributed by atoms with E-state index in [2.05, 4.69) is 15.3 Å². The van der Waals surface area contributed by atoms with Crippen molar-refractivity contribution < 1.29 is 14.3 Å². The van der Waals surface area contributed by atoms with Crippen molar-refractivity contribution in [3.8, 4) is 5.88 Å². The molecule has 0 spiro atoms.